The van der Waals surface area contributed by atoms with E-state index in [9.17, 15) is 9.59 Å². The van der Waals surface area contributed by atoms with Crippen molar-refractivity contribution in [3.05, 3.63) is 59.4 Å². The molecule has 0 spiro atoms. The fourth-order valence-corrected chi connectivity index (χ4v) is 4.27. The number of allylic oxidation sites excluding steroid dienone is 1. The number of nitrogens with zero attached hydrogens (tertiary/aromatic N) is 2. The minimum absolute atomic E-state index is 0.100. The number of nitrogens with one attached hydrogen (secondary N) is 1. The van der Waals surface area contributed by atoms with Crippen LogP contribution in [0, 0.1) is 0 Å². The first-order chi connectivity index (χ1) is 12.1. The molecule has 25 heavy (non-hydrogen) atoms. The van der Waals surface area contributed by atoms with Gasteiger partial charge in [-0.2, -0.15) is 0 Å². The first kappa shape index (κ1) is 17.4. The second-order valence-corrected chi connectivity index (χ2v) is 7.25. The van der Waals surface area contributed by atoms with Gasteiger partial charge in [0, 0.05) is 18.5 Å². The lowest BCUT2D eigenvalue weighted by molar-refractivity contribution is -0.118. The van der Waals surface area contributed by atoms with E-state index in [1.165, 1.54) is 23.1 Å². The van der Waals surface area contributed by atoms with E-state index in [0.717, 1.165) is 10.4 Å². The molecule has 3 rings (SSSR count). The van der Waals surface area contributed by atoms with Gasteiger partial charge in [0.1, 0.15) is 4.70 Å². The molecule has 0 aliphatic rings. The molecule has 1 aromatic carbocycles. The molecule has 2 heterocycles. The highest BCUT2D eigenvalue weighted by atomic mass is 32.2. The Balaban J connectivity index is 2.09. The van der Waals surface area contributed by atoms with E-state index in [1.807, 2.05) is 36.4 Å². The monoisotopic (exact) mass is 371 g/mol. The van der Waals surface area contributed by atoms with E-state index in [4.69, 9.17) is 0 Å². The van der Waals surface area contributed by atoms with E-state index in [1.54, 1.807) is 17.7 Å². The molecule has 0 aliphatic heterocycles. The van der Waals surface area contributed by atoms with Crippen molar-refractivity contribution in [1.29, 1.82) is 0 Å². The summed E-state index contributed by atoms with van der Waals surface area (Å²) in [7, 11) is 1.58. The minimum atomic E-state index is -0.111. The number of rotatable bonds is 6. The largest absolute Gasteiger partial charge is 0.358 e. The first-order valence-corrected chi connectivity index (χ1v) is 9.48. The number of hydrogen-bond acceptors (Lipinski definition) is 5. The van der Waals surface area contributed by atoms with E-state index >= 15 is 0 Å². The molecule has 0 bridgehead atoms. The van der Waals surface area contributed by atoms with Crippen LogP contribution in [0.3, 0.4) is 0 Å². The van der Waals surface area contributed by atoms with Gasteiger partial charge in [0.05, 0.1) is 11.3 Å². The number of amides is 1. The molecule has 0 fully saturated rings. The van der Waals surface area contributed by atoms with Crippen molar-refractivity contribution in [3.63, 3.8) is 0 Å². The molecule has 7 heteroatoms. The molecule has 0 aliphatic carbocycles. The van der Waals surface area contributed by atoms with E-state index in [0.29, 0.717) is 21.9 Å². The fraction of sp³-hybridized carbons (Fsp3) is 0.167. The number of fused-ring (bicyclic) bond motifs is 1. The van der Waals surface area contributed by atoms with Crippen LogP contribution in [-0.2, 0) is 11.3 Å². The molecule has 0 saturated carbocycles. The molecular weight excluding hydrogens is 354 g/mol. The Labute approximate surface area is 153 Å². The average molecular weight is 371 g/mol. The number of hydrogen-bond donors (Lipinski definition) is 1. The summed E-state index contributed by atoms with van der Waals surface area (Å²) in [5.41, 5.74) is 1.62. The summed E-state index contributed by atoms with van der Waals surface area (Å²) in [6.45, 7) is 4.07. The number of aromatic nitrogens is 2. The quantitative estimate of drug-likeness (QED) is 0.411. The summed E-state index contributed by atoms with van der Waals surface area (Å²) in [6, 6.07) is 11.8. The summed E-state index contributed by atoms with van der Waals surface area (Å²) in [5.74, 6) is 0.0983. The summed E-state index contributed by atoms with van der Waals surface area (Å²) >= 11 is 2.69. The molecule has 0 unspecified atom stereocenters. The van der Waals surface area contributed by atoms with Gasteiger partial charge < -0.3 is 5.32 Å². The molecule has 0 radical (unpaired) electrons. The SMILES string of the molecule is C=CCn1c(SCC(=O)NC)nc2cc(-c3ccccc3)sc2c1=O. The van der Waals surface area contributed by atoms with Crippen molar-refractivity contribution >= 4 is 39.2 Å². The maximum absolute atomic E-state index is 12.9. The van der Waals surface area contributed by atoms with Crippen LogP contribution >= 0.6 is 23.1 Å². The zero-order chi connectivity index (χ0) is 17.8. The van der Waals surface area contributed by atoms with Gasteiger partial charge in [0.25, 0.3) is 5.56 Å². The molecule has 5 nitrogen and oxygen atoms in total. The van der Waals surface area contributed by atoms with Crippen LogP contribution in [-0.4, -0.2) is 28.3 Å². The van der Waals surface area contributed by atoms with Gasteiger partial charge in [-0.25, -0.2) is 4.98 Å². The molecular formula is C18H17N3O2S2. The second-order valence-electron chi connectivity index (χ2n) is 5.25. The van der Waals surface area contributed by atoms with Crippen molar-refractivity contribution < 1.29 is 4.79 Å². The zero-order valence-corrected chi connectivity index (χ0v) is 15.3. The lowest BCUT2D eigenvalue weighted by Crippen LogP contribution is -2.24. The van der Waals surface area contributed by atoms with Crippen LogP contribution in [0.1, 0.15) is 0 Å². The predicted molar refractivity (Wildman–Crippen MR) is 104 cm³/mol. The van der Waals surface area contributed by atoms with Crippen molar-refractivity contribution in [2.45, 2.75) is 11.7 Å². The molecule has 1 N–H and O–H groups in total. The Kier molecular flexibility index (Phi) is 5.35. The fourth-order valence-electron chi connectivity index (χ4n) is 2.34. The van der Waals surface area contributed by atoms with Gasteiger partial charge in [-0.05, 0) is 11.6 Å². The van der Waals surface area contributed by atoms with Gasteiger partial charge >= 0.3 is 0 Å². The molecule has 2 aromatic heterocycles. The van der Waals surface area contributed by atoms with Crippen molar-refractivity contribution in [2.24, 2.45) is 0 Å². The predicted octanol–water partition coefficient (Wildman–Crippen LogP) is 3.15. The summed E-state index contributed by atoms with van der Waals surface area (Å²) in [4.78, 5) is 30.0. The van der Waals surface area contributed by atoms with E-state index in [-0.39, 0.29) is 17.2 Å². The Morgan fingerprint density at radius 2 is 2.16 bits per heavy atom. The smallest absolute Gasteiger partial charge is 0.272 e. The topological polar surface area (TPSA) is 64.0 Å². The Bertz CT molecular complexity index is 977. The second kappa shape index (κ2) is 7.67. The van der Waals surface area contributed by atoms with Crippen LogP contribution in [0.5, 0.6) is 0 Å². The average Bonchev–Trinajstić information content (AvgIpc) is 3.07. The maximum Gasteiger partial charge on any atom is 0.272 e. The standard InChI is InChI=1S/C18H17N3O2S2/c1-3-9-21-17(23)16-13(20-18(21)24-11-15(22)19-2)10-14(25-16)12-7-5-4-6-8-12/h3-8,10H,1,9,11H2,2H3,(H,19,22). The van der Waals surface area contributed by atoms with Crippen molar-refractivity contribution in [1.82, 2.24) is 14.9 Å². The van der Waals surface area contributed by atoms with Crippen LogP contribution < -0.4 is 10.9 Å². The van der Waals surface area contributed by atoms with Crippen LogP contribution in [0.2, 0.25) is 0 Å². The van der Waals surface area contributed by atoms with Crippen LogP contribution in [0.25, 0.3) is 20.7 Å². The van der Waals surface area contributed by atoms with Gasteiger partial charge in [0.2, 0.25) is 5.91 Å². The number of carbonyl (C=O) groups is 1. The van der Waals surface area contributed by atoms with Gasteiger partial charge in [-0.1, -0.05) is 48.2 Å². The summed E-state index contributed by atoms with van der Waals surface area (Å²) in [5, 5.41) is 3.10. The van der Waals surface area contributed by atoms with Crippen LogP contribution in [0.15, 0.2) is 59.0 Å². The first-order valence-electron chi connectivity index (χ1n) is 7.68. The minimum Gasteiger partial charge on any atom is -0.358 e. The van der Waals surface area contributed by atoms with Gasteiger partial charge in [-0.3, -0.25) is 14.2 Å². The van der Waals surface area contributed by atoms with Crippen molar-refractivity contribution in [2.75, 3.05) is 12.8 Å². The summed E-state index contributed by atoms with van der Waals surface area (Å²) < 4.78 is 2.18. The van der Waals surface area contributed by atoms with Crippen LogP contribution in [0.4, 0.5) is 0 Å². The highest BCUT2D eigenvalue weighted by Gasteiger charge is 2.15. The number of thiophene rings is 1. The number of carbonyl (C=O) groups excluding carboxylic acids is 1. The highest BCUT2D eigenvalue weighted by molar-refractivity contribution is 7.99. The molecule has 0 saturated heterocycles. The molecule has 0 atom stereocenters. The summed E-state index contributed by atoms with van der Waals surface area (Å²) in [6.07, 6.45) is 1.66. The molecule has 128 valence electrons. The van der Waals surface area contributed by atoms with Gasteiger partial charge in [0.15, 0.2) is 5.16 Å². The zero-order valence-electron chi connectivity index (χ0n) is 13.7. The lowest BCUT2D eigenvalue weighted by atomic mass is 10.2. The Morgan fingerprint density at radius 3 is 2.84 bits per heavy atom. The van der Waals surface area contributed by atoms with E-state index in [2.05, 4.69) is 16.9 Å². The normalized spacial score (nSPS) is 10.8. The Hall–Kier alpha value is -2.38. The third kappa shape index (κ3) is 3.67. The molecule has 1 amide bonds. The third-order valence-corrected chi connectivity index (χ3v) is 5.72. The maximum atomic E-state index is 12.9. The van der Waals surface area contributed by atoms with Crippen molar-refractivity contribution in [3.8, 4) is 10.4 Å². The number of benzene rings is 1. The van der Waals surface area contributed by atoms with E-state index < -0.39 is 0 Å². The van der Waals surface area contributed by atoms with Gasteiger partial charge in [-0.15, -0.1) is 17.9 Å². The highest BCUT2D eigenvalue weighted by Crippen LogP contribution is 2.31. The number of thioether (sulfide) groups is 1. The Morgan fingerprint density at radius 1 is 1.40 bits per heavy atom. The molecule has 3 aromatic rings. The third-order valence-electron chi connectivity index (χ3n) is 3.58. The lowest BCUT2D eigenvalue weighted by Gasteiger charge is -2.09.